The number of nitrogens with zero attached hydrogens (tertiary/aromatic N) is 1. The van der Waals surface area contributed by atoms with Crippen LogP contribution in [0.5, 0.6) is 0 Å². The number of fused-ring (bicyclic) bond motifs is 4. The molecule has 2 amide bonds. The molecule has 2 aromatic rings. The lowest BCUT2D eigenvalue weighted by atomic mass is 9.52. The van der Waals surface area contributed by atoms with Crippen LogP contribution < -0.4 is 5.32 Å². The molecule has 2 bridgehead atoms. The zero-order valence-corrected chi connectivity index (χ0v) is 17.1. The molecule has 31 heavy (non-hydrogen) atoms. The van der Waals surface area contributed by atoms with Gasteiger partial charge in [0, 0.05) is 13.1 Å². The van der Waals surface area contributed by atoms with Crippen molar-refractivity contribution < 1.29 is 23.5 Å². The topological polar surface area (TPSA) is 69.6 Å². The van der Waals surface area contributed by atoms with Gasteiger partial charge in [0.2, 0.25) is 0 Å². The fourth-order valence-corrected chi connectivity index (χ4v) is 5.59. The lowest BCUT2D eigenvalue weighted by Crippen LogP contribution is -2.47. The van der Waals surface area contributed by atoms with Crippen molar-refractivity contribution in [1.29, 1.82) is 0 Å². The summed E-state index contributed by atoms with van der Waals surface area (Å²) in [7, 11) is 0. The summed E-state index contributed by atoms with van der Waals surface area (Å²) in [5.74, 6) is -1.55. The number of aliphatic carboxylic acids is 1. The van der Waals surface area contributed by atoms with E-state index in [9.17, 15) is 23.5 Å². The zero-order valence-electron chi connectivity index (χ0n) is 17.1. The van der Waals surface area contributed by atoms with E-state index in [-0.39, 0.29) is 23.5 Å². The summed E-state index contributed by atoms with van der Waals surface area (Å²) < 4.78 is 28.3. The van der Waals surface area contributed by atoms with Crippen LogP contribution >= 0.6 is 0 Å². The number of rotatable bonds is 3. The van der Waals surface area contributed by atoms with Crippen molar-refractivity contribution in [2.75, 3.05) is 5.32 Å². The summed E-state index contributed by atoms with van der Waals surface area (Å²) >= 11 is 0. The van der Waals surface area contributed by atoms with Crippen molar-refractivity contribution >= 4 is 17.7 Å². The number of amides is 2. The number of halogens is 2. The van der Waals surface area contributed by atoms with Gasteiger partial charge in [-0.2, -0.15) is 0 Å². The summed E-state index contributed by atoms with van der Waals surface area (Å²) in [5, 5.41) is 12.2. The SMILES string of the molecule is O=C(Nc1ccc(C23CCC(C(=O)O)(CC2)CC3)cc1F)N1Cc2ccc(F)cc2C1. The van der Waals surface area contributed by atoms with Crippen LogP contribution in [-0.2, 0) is 23.3 Å². The van der Waals surface area contributed by atoms with E-state index in [4.69, 9.17) is 0 Å². The number of carboxylic acid groups (broad SMARTS) is 1. The van der Waals surface area contributed by atoms with Crippen molar-refractivity contribution in [3.05, 3.63) is 64.7 Å². The molecule has 3 fully saturated rings. The Bertz CT molecular complexity index is 1060. The molecule has 2 aromatic carbocycles. The highest BCUT2D eigenvalue weighted by Gasteiger charge is 2.53. The Kier molecular flexibility index (Phi) is 4.53. The normalized spacial score (nSPS) is 26.6. The zero-order chi connectivity index (χ0) is 21.8. The Morgan fingerprint density at radius 1 is 0.903 bits per heavy atom. The third kappa shape index (κ3) is 3.27. The third-order valence-corrected chi connectivity index (χ3v) is 7.70. The smallest absolute Gasteiger partial charge is 0.322 e. The highest BCUT2D eigenvalue weighted by Crippen LogP contribution is 2.58. The summed E-state index contributed by atoms with van der Waals surface area (Å²) in [6, 6.07) is 8.96. The molecule has 0 saturated heterocycles. The van der Waals surface area contributed by atoms with Gasteiger partial charge in [-0.1, -0.05) is 12.1 Å². The van der Waals surface area contributed by atoms with E-state index in [1.54, 1.807) is 12.1 Å². The van der Waals surface area contributed by atoms with Gasteiger partial charge in [-0.3, -0.25) is 4.79 Å². The number of urea groups is 1. The van der Waals surface area contributed by atoms with Crippen LogP contribution in [0.3, 0.4) is 0 Å². The summed E-state index contributed by atoms with van der Waals surface area (Å²) in [6.45, 7) is 0.642. The first kappa shape index (κ1) is 20.0. The molecule has 2 N–H and O–H groups in total. The molecule has 7 heteroatoms. The quantitative estimate of drug-likeness (QED) is 0.710. The van der Waals surface area contributed by atoms with Crippen LogP contribution in [0.15, 0.2) is 36.4 Å². The molecule has 1 aliphatic heterocycles. The third-order valence-electron chi connectivity index (χ3n) is 7.70. The number of hydrogen-bond donors (Lipinski definition) is 2. The standard InChI is InChI=1S/C24H24F2N2O3/c25-18-3-1-15-13-28(14-16(15)11-18)22(31)27-20-4-2-17(12-19(20)26)23-5-8-24(9-6-23,10-7-23)21(29)30/h1-4,11-12H,5-10,13-14H2,(H,27,31)(H,29,30). The minimum absolute atomic E-state index is 0.110. The van der Waals surface area contributed by atoms with Gasteiger partial charge in [0.25, 0.3) is 0 Å². The number of nitrogens with one attached hydrogen (secondary N) is 1. The molecule has 0 atom stereocenters. The number of anilines is 1. The maximum Gasteiger partial charge on any atom is 0.322 e. The van der Waals surface area contributed by atoms with Crippen molar-refractivity contribution in [3.63, 3.8) is 0 Å². The van der Waals surface area contributed by atoms with Gasteiger partial charge >= 0.3 is 12.0 Å². The minimum atomic E-state index is -0.711. The molecule has 1 heterocycles. The number of carbonyl (C=O) groups excluding carboxylic acids is 1. The molecule has 3 aliphatic carbocycles. The molecular weight excluding hydrogens is 402 g/mol. The predicted octanol–water partition coefficient (Wildman–Crippen LogP) is 5.19. The van der Waals surface area contributed by atoms with Gasteiger partial charge in [-0.25, -0.2) is 13.6 Å². The molecule has 0 spiro atoms. The first-order valence-corrected chi connectivity index (χ1v) is 10.7. The summed E-state index contributed by atoms with van der Waals surface area (Å²) in [4.78, 5) is 25.8. The summed E-state index contributed by atoms with van der Waals surface area (Å²) in [5.41, 5.74) is 1.85. The van der Waals surface area contributed by atoms with Crippen LogP contribution in [0.25, 0.3) is 0 Å². The first-order valence-electron chi connectivity index (χ1n) is 10.7. The molecule has 0 unspecified atom stereocenters. The molecule has 0 radical (unpaired) electrons. The van der Waals surface area contributed by atoms with E-state index >= 15 is 0 Å². The van der Waals surface area contributed by atoms with E-state index in [1.165, 1.54) is 23.1 Å². The minimum Gasteiger partial charge on any atom is -0.481 e. The second-order valence-electron chi connectivity index (χ2n) is 9.26. The lowest BCUT2D eigenvalue weighted by molar-refractivity contribution is -0.156. The van der Waals surface area contributed by atoms with Crippen molar-refractivity contribution in [1.82, 2.24) is 4.90 Å². The van der Waals surface area contributed by atoms with Crippen LogP contribution in [0.4, 0.5) is 19.3 Å². The van der Waals surface area contributed by atoms with Gasteiger partial charge in [0.05, 0.1) is 11.1 Å². The number of hydrogen-bond acceptors (Lipinski definition) is 2. The van der Waals surface area contributed by atoms with Gasteiger partial charge < -0.3 is 15.3 Å². The molecule has 5 nitrogen and oxygen atoms in total. The van der Waals surface area contributed by atoms with E-state index < -0.39 is 23.2 Å². The van der Waals surface area contributed by atoms with Gasteiger partial charge in [-0.05, 0) is 84.9 Å². The van der Waals surface area contributed by atoms with Crippen LogP contribution in [0.1, 0.15) is 55.2 Å². The largest absolute Gasteiger partial charge is 0.481 e. The maximum atomic E-state index is 14.9. The lowest BCUT2D eigenvalue weighted by Gasteiger charge is -2.51. The Morgan fingerprint density at radius 2 is 1.58 bits per heavy atom. The fourth-order valence-electron chi connectivity index (χ4n) is 5.59. The van der Waals surface area contributed by atoms with Crippen molar-refractivity contribution in [2.24, 2.45) is 5.41 Å². The Morgan fingerprint density at radius 3 is 2.23 bits per heavy atom. The maximum absolute atomic E-state index is 14.9. The second-order valence-corrected chi connectivity index (χ2v) is 9.26. The van der Waals surface area contributed by atoms with Crippen molar-refractivity contribution in [2.45, 2.75) is 57.0 Å². The Hall–Kier alpha value is -2.96. The summed E-state index contributed by atoms with van der Waals surface area (Å²) in [6.07, 6.45) is 4.10. The van der Waals surface area contributed by atoms with Crippen LogP contribution in [-0.4, -0.2) is 22.0 Å². The second kappa shape index (κ2) is 7.04. The number of carboxylic acids is 1. The van der Waals surface area contributed by atoms with Gasteiger partial charge in [0.15, 0.2) is 0 Å². The average Bonchev–Trinajstić information content (AvgIpc) is 3.19. The van der Waals surface area contributed by atoms with E-state index in [2.05, 4.69) is 5.32 Å². The molecule has 162 valence electrons. The predicted molar refractivity (Wildman–Crippen MR) is 111 cm³/mol. The van der Waals surface area contributed by atoms with Gasteiger partial charge in [0.1, 0.15) is 11.6 Å². The Labute approximate surface area is 179 Å². The first-order chi connectivity index (χ1) is 14.8. The monoisotopic (exact) mass is 426 g/mol. The van der Waals surface area contributed by atoms with E-state index in [0.717, 1.165) is 36.0 Å². The number of benzene rings is 2. The molecule has 3 saturated carbocycles. The average molecular weight is 426 g/mol. The molecule has 6 rings (SSSR count). The fraction of sp³-hybridized carbons (Fsp3) is 0.417. The van der Waals surface area contributed by atoms with Crippen LogP contribution in [0, 0.1) is 17.0 Å². The molecule has 0 aromatic heterocycles. The molecule has 4 aliphatic rings. The number of carbonyl (C=O) groups is 2. The van der Waals surface area contributed by atoms with Gasteiger partial charge in [-0.15, -0.1) is 0 Å². The highest BCUT2D eigenvalue weighted by atomic mass is 19.1. The van der Waals surface area contributed by atoms with E-state index in [0.29, 0.717) is 25.8 Å². The Balaban J connectivity index is 1.29. The van der Waals surface area contributed by atoms with Crippen molar-refractivity contribution in [3.8, 4) is 0 Å². The van der Waals surface area contributed by atoms with Crippen LogP contribution in [0.2, 0.25) is 0 Å². The molecular formula is C24H24F2N2O3. The highest BCUT2D eigenvalue weighted by molar-refractivity contribution is 5.90. The van der Waals surface area contributed by atoms with E-state index in [1.807, 2.05) is 6.07 Å².